The number of nitrogens with zero attached hydrogens (tertiary/aromatic N) is 2. The third kappa shape index (κ3) is 4.14. The second-order valence-electron chi connectivity index (χ2n) is 4.05. The molecule has 0 fully saturated rings. The standard InChI is InChI=1S/C11H21N5O/c1-3-5-8(7-12)13-11(17)10-14-9(6-4-2)15-16-10/h8H,3-7,12H2,1-2H3,(H,13,17)(H,14,15,16). The van der Waals surface area contributed by atoms with Gasteiger partial charge in [0.25, 0.3) is 5.91 Å². The molecule has 0 aromatic carbocycles. The lowest BCUT2D eigenvalue weighted by atomic mass is 10.1. The predicted molar refractivity (Wildman–Crippen MR) is 65.6 cm³/mol. The highest BCUT2D eigenvalue weighted by Gasteiger charge is 2.15. The molecule has 1 heterocycles. The maximum absolute atomic E-state index is 11.8. The van der Waals surface area contributed by atoms with Crippen molar-refractivity contribution in [3.8, 4) is 0 Å². The van der Waals surface area contributed by atoms with E-state index in [1.54, 1.807) is 0 Å². The summed E-state index contributed by atoms with van der Waals surface area (Å²) in [6.07, 6.45) is 3.62. The van der Waals surface area contributed by atoms with Gasteiger partial charge < -0.3 is 11.1 Å². The first-order chi connectivity index (χ1) is 8.21. The van der Waals surface area contributed by atoms with Gasteiger partial charge in [-0.2, -0.15) is 0 Å². The van der Waals surface area contributed by atoms with Gasteiger partial charge in [0.1, 0.15) is 5.82 Å². The van der Waals surface area contributed by atoms with E-state index in [2.05, 4.69) is 27.4 Å². The van der Waals surface area contributed by atoms with Crippen LogP contribution in [0.3, 0.4) is 0 Å². The first-order valence-corrected chi connectivity index (χ1v) is 6.13. The van der Waals surface area contributed by atoms with Gasteiger partial charge in [0, 0.05) is 19.0 Å². The van der Waals surface area contributed by atoms with Crippen LogP contribution in [0.4, 0.5) is 0 Å². The number of aromatic amines is 1. The number of H-pyrrole nitrogens is 1. The molecule has 1 rings (SSSR count). The van der Waals surface area contributed by atoms with E-state index in [1.165, 1.54) is 0 Å². The fraction of sp³-hybridized carbons (Fsp3) is 0.727. The molecule has 0 saturated heterocycles. The Bertz CT molecular complexity index is 349. The third-order valence-corrected chi connectivity index (χ3v) is 2.48. The van der Waals surface area contributed by atoms with Gasteiger partial charge in [-0.1, -0.05) is 20.3 Å². The van der Waals surface area contributed by atoms with Crippen molar-refractivity contribution in [2.45, 2.75) is 45.6 Å². The first kappa shape index (κ1) is 13.6. The molecule has 1 unspecified atom stereocenters. The van der Waals surface area contributed by atoms with Crippen molar-refractivity contribution in [1.29, 1.82) is 0 Å². The van der Waals surface area contributed by atoms with Gasteiger partial charge in [-0.3, -0.25) is 9.89 Å². The van der Waals surface area contributed by atoms with E-state index in [4.69, 9.17) is 5.73 Å². The number of hydrogen-bond donors (Lipinski definition) is 3. The van der Waals surface area contributed by atoms with Gasteiger partial charge in [0.15, 0.2) is 0 Å². The van der Waals surface area contributed by atoms with Crippen LogP contribution in [-0.2, 0) is 6.42 Å². The summed E-state index contributed by atoms with van der Waals surface area (Å²) in [5, 5.41) is 9.48. The molecule has 1 amide bonds. The molecule has 0 saturated carbocycles. The van der Waals surface area contributed by atoms with Crippen LogP contribution in [-0.4, -0.2) is 33.7 Å². The van der Waals surface area contributed by atoms with Crippen molar-refractivity contribution in [3.05, 3.63) is 11.6 Å². The maximum atomic E-state index is 11.8. The van der Waals surface area contributed by atoms with Gasteiger partial charge in [-0.15, -0.1) is 5.10 Å². The molecule has 0 aliphatic rings. The van der Waals surface area contributed by atoms with E-state index in [9.17, 15) is 4.79 Å². The maximum Gasteiger partial charge on any atom is 0.291 e. The number of nitrogens with one attached hydrogen (secondary N) is 2. The second kappa shape index (κ2) is 7.01. The molecule has 6 nitrogen and oxygen atoms in total. The molecular weight excluding hydrogens is 218 g/mol. The van der Waals surface area contributed by atoms with Gasteiger partial charge in [-0.25, -0.2) is 4.98 Å². The average Bonchev–Trinajstić information content (AvgIpc) is 2.77. The summed E-state index contributed by atoms with van der Waals surface area (Å²) in [6, 6.07) is 0.000579. The second-order valence-corrected chi connectivity index (χ2v) is 4.05. The Morgan fingerprint density at radius 3 is 2.82 bits per heavy atom. The highest BCUT2D eigenvalue weighted by molar-refractivity contribution is 5.90. The van der Waals surface area contributed by atoms with E-state index in [1.807, 2.05) is 6.92 Å². The number of aromatic nitrogens is 3. The SMILES string of the molecule is CCCc1nc(C(=O)NC(CN)CCC)n[nH]1. The molecule has 6 heteroatoms. The minimum Gasteiger partial charge on any atom is -0.345 e. The molecule has 0 radical (unpaired) electrons. The van der Waals surface area contributed by atoms with Crippen molar-refractivity contribution in [3.63, 3.8) is 0 Å². The zero-order valence-corrected chi connectivity index (χ0v) is 10.5. The van der Waals surface area contributed by atoms with Gasteiger partial charge in [-0.05, 0) is 12.8 Å². The van der Waals surface area contributed by atoms with Crippen LogP contribution < -0.4 is 11.1 Å². The number of carbonyl (C=O) groups excluding carboxylic acids is 1. The minimum atomic E-state index is -0.257. The molecule has 0 aliphatic carbocycles. The van der Waals surface area contributed by atoms with Crippen LogP contribution in [0.15, 0.2) is 0 Å². The summed E-state index contributed by atoms with van der Waals surface area (Å²) in [4.78, 5) is 15.9. The molecule has 1 aromatic heterocycles. The monoisotopic (exact) mass is 239 g/mol. The number of amides is 1. The van der Waals surface area contributed by atoms with Crippen LogP contribution in [0.5, 0.6) is 0 Å². The Morgan fingerprint density at radius 1 is 1.47 bits per heavy atom. The van der Waals surface area contributed by atoms with Crippen LogP contribution in [0, 0.1) is 0 Å². The molecular formula is C11H21N5O. The van der Waals surface area contributed by atoms with Gasteiger partial charge in [0.05, 0.1) is 0 Å². The van der Waals surface area contributed by atoms with Crippen LogP contribution in [0.1, 0.15) is 49.6 Å². The molecule has 0 bridgehead atoms. The highest BCUT2D eigenvalue weighted by Crippen LogP contribution is 1.99. The Labute approximate surface area is 101 Å². The number of carbonyl (C=O) groups is 1. The zero-order chi connectivity index (χ0) is 12.7. The Balaban J connectivity index is 2.55. The topological polar surface area (TPSA) is 96.7 Å². The Kier molecular flexibility index (Phi) is 5.62. The number of aryl methyl sites for hydroxylation is 1. The Morgan fingerprint density at radius 2 is 2.24 bits per heavy atom. The van der Waals surface area contributed by atoms with Crippen LogP contribution in [0.25, 0.3) is 0 Å². The normalized spacial score (nSPS) is 12.4. The van der Waals surface area contributed by atoms with Gasteiger partial charge in [0.2, 0.25) is 5.82 Å². The van der Waals surface area contributed by atoms with Gasteiger partial charge >= 0.3 is 0 Å². The number of hydrogen-bond acceptors (Lipinski definition) is 4. The first-order valence-electron chi connectivity index (χ1n) is 6.13. The summed E-state index contributed by atoms with van der Waals surface area (Å²) < 4.78 is 0. The lowest BCUT2D eigenvalue weighted by Gasteiger charge is -2.14. The van der Waals surface area contributed by atoms with E-state index in [0.717, 1.165) is 31.5 Å². The predicted octanol–water partition coefficient (Wildman–Crippen LogP) is 0.614. The summed E-state index contributed by atoms with van der Waals surface area (Å²) in [6.45, 7) is 4.54. The smallest absolute Gasteiger partial charge is 0.291 e. The quantitative estimate of drug-likeness (QED) is 0.649. The molecule has 1 aromatic rings. The molecule has 96 valence electrons. The summed E-state index contributed by atoms with van der Waals surface area (Å²) in [5.74, 6) is 0.688. The van der Waals surface area contributed by atoms with Crippen molar-refractivity contribution in [2.24, 2.45) is 5.73 Å². The lowest BCUT2D eigenvalue weighted by molar-refractivity contribution is 0.0926. The van der Waals surface area contributed by atoms with Crippen molar-refractivity contribution < 1.29 is 4.79 Å². The summed E-state index contributed by atoms with van der Waals surface area (Å²) >= 11 is 0. The van der Waals surface area contributed by atoms with Crippen LogP contribution in [0.2, 0.25) is 0 Å². The highest BCUT2D eigenvalue weighted by atomic mass is 16.2. The van der Waals surface area contributed by atoms with Crippen molar-refractivity contribution in [1.82, 2.24) is 20.5 Å². The summed E-state index contributed by atoms with van der Waals surface area (Å²) in [5.41, 5.74) is 5.57. The zero-order valence-electron chi connectivity index (χ0n) is 10.5. The molecule has 1 atom stereocenters. The molecule has 4 N–H and O–H groups in total. The van der Waals surface area contributed by atoms with Crippen molar-refractivity contribution in [2.75, 3.05) is 6.54 Å². The number of nitrogens with two attached hydrogens (primary N) is 1. The third-order valence-electron chi connectivity index (χ3n) is 2.48. The molecule has 17 heavy (non-hydrogen) atoms. The molecule has 0 spiro atoms. The van der Waals surface area contributed by atoms with Crippen molar-refractivity contribution >= 4 is 5.91 Å². The van der Waals surface area contributed by atoms with Crippen LogP contribution >= 0.6 is 0 Å². The van der Waals surface area contributed by atoms with E-state index in [-0.39, 0.29) is 17.8 Å². The fourth-order valence-electron chi connectivity index (χ4n) is 1.59. The Hall–Kier alpha value is -1.43. The minimum absolute atomic E-state index is 0.000579. The van der Waals surface area contributed by atoms with E-state index >= 15 is 0 Å². The van der Waals surface area contributed by atoms with E-state index in [0.29, 0.717) is 6.54 Å². The number of rotatable bonds is 7. The largest absolute Gasteiger partial charge is 0.345 e. The summed E-state index contributed by atoms with van der Waals surface area (Å²) in [7, 11) is 0. The fourth-order valence-corrected chi connectivity index (χ4v) is 1.59. The molecule has 0 aliphatic heterocycles. The van der Waals surface area contributed by atoms with E-state index < -0.39 is 0 Å². The average molecular weight is 239 g/mol. The lowest BCUT2D eigenvalue weighted by Crippen LogP contribution is -2.40.